The molecule has 0 radical (unpaired) electrons. The number of para-hydroxylation sites is 1. The number of nitrogens with zero attached hydrogens (tertiary/aromatic N) is 2. The van der Waals surface area contributed by atoms with E-state index in [0.717, 1.165) is 5.69 Å². The molecule has 0 unspecified atom stereocenters. The van der Waals surface area contributed by atoms with Gasteiger partial charge in [0.1, 0.15) is 17.9 Å². The number of anilines is 1. The second-order valence-corrected chi connectivity index (χ2v) is 7.15. The highest BCUT2D eigenvalue weighted by molar-refractivity contribution is 6.03. The van der Waals surface area contributed by atoms with Crippen molar-refractivity contribution in [1.82, 2.24) is 9.78 Å². The molecule has 8 heteroatoms. The zero-order valence-electron chi connectivity index (χ0n) is 18.3. The molecule has 0 bridgehead atoms. The molecule has 1 amide bonds. The molecule has 168 valence electrons. The summed E-state index contributed by atoms with van der Waals surface area (Å²) >= 11 is 0. The number of benzene rings is 2. The fourth-order valence-corrected chi connectivity index (χ4v) is 3.28. The Bertz CT molecular complexity index is 1240. The predicted molar refractivity (Wildman–Crippen MR) is 122 cm³/mol. The lowest BCUT2D eigenvalue weighted by atomic mass is 10.2. The average molecular weight is 445 g/mol. The zero-order chi connectivity index (χ0) is 23.2. The monoisotopic (exact) mass is 445 g/mol. The third kappa shape index (κ3) is 4.95. The maximum Gasteiger partial charge on any atom is 0.341 e. The Morgan fingerprint density at radius 1 is 1.06 bits per heavy atom. The highest BCUT2D eigenvalue weighted by Gasteiger charge is 2.18. The number of carbonyl (C=O) groups is 2. The molecule has 0 saturated carbocycles. The summed E-state index contributed by atoms with van der Waals surface area (Å²) in [7, 11) is 0. The number of hydrogen-bond donors (Lipinski definition) is 1. The molecule has 0 aliphatic carbocycles. The molecule has 0 spiro atoms. The van der Waals surface area contributed by atoms with Gasteiger partial charge < -0.3 is 19.2 Å². The molecular weight excluding hydrogens is 422 g/mol. The molecule has 0 aliphatic rings. The average Bonchev–Trinajstić information content (AvgIpc) is 3.46. The van der Waals surface area contributed by atoms with E-state index in [1.165, 1.54) is 12.5 Å². The highest BCUT2D eigenvalue weighted by atomic mass is 16.5. The molecule has 4 rings (SSSR count). The van der Waals surface area contributed by atoms with Gasteiger partial charge >= 0.3 is 5.97 Å². The molecule has 8 nitrogen and oxygen atoms in total. The topological polar surface area (TPSA) is 95.6 Å². The molecule has 2 aromatic heterocycles. The van der Waals surface area contributed by atoms with Crippen LogP contribution in [0.2, 0.25) is 0 Å². The van der Waals surface area contributed by atoms with Crippen LogP contribution in [0, 0.1) is 6.92 Å². The van der Waals surface area contributed by atoms with Crippen LogP contribution in [0.25, 0.3) is 5.69 Å². The Kier molecular flexibility index (Phi) is 6.54. The quantitative estimate of drug-likeness (QED) is 0.392. The van der Waals surface area contributed by atoms with Crippen molar-refractivity contribution in [3.05, 3.63) is 95.7 Å². The second-order valence-electron chi connectivity index (χ2n) is 7.15. The summed E-state index contributed by atoms with van der Waals surface area (Å²) < 4.78 is 17.8. The maximum atomic E-state index is 12.7. The first-order valence-corrected chi connectivity index (χ1v) is 10.4. The van der Waals surface area contributed by atoms with E-state index >= 15 is 0 Å². The van der Waals surface area contributed by atoms with Crippen molar-refractivity contribution in [3.8, 4) is 11.4 Å². The summed E-state index contributed by atoms with van der Waals surface area (Å²) in [6.45, 7) is 4.06. The lowest BCUT2D eigenvalue weighted by Crippen LogP contribution is -2.14. The Hall–Kier alpha value is -4.33. The first-order chi connectivity index (χ1) is 16.1. The van der Waals surface area contributed by atoms with Crippen molar-refractivity contribution in [2.24, 2.45) is 0 Å². The molecule has 0 fully saturated rings. The van der Waals surface area contributed by atoms with E-state index in [-0.39, 0.29) is 18.3 Å². The number of rotatable bonds is 8. The molecular formula is C25H23N3O5. The molecule has 0 saturated heterocycles. The number of amides is 1. The van der Waals surface area contributed by atoms with E-state index in [1.807, 2.05) is 30.3 Å². The van der Waals surface area contributed by atoms with Crippen LogP contribution in [0.4, 0.5) is 5.69 Å². The highest BCUT2D eigenvalue weighted by Crippen LogP contribution is 2.20. The molecule has 1 N–H and O–H groups in total. The van der Waals surface area contributed by atoms with E-state index in [2.05, 4.69) is 10.4 Å². The number of furan rings is 1. The minimum absolute atomic E-state index is 0.192. The van der Waals surface area contributed by atoms with Gasteiger partial charge in [0.25, 0.3) is 5.91 Å². The molecule has 0 atom stereocenters. The first-order valence-electron chi connectivity index (χ1n) is 10.4. The molecule has 4 aromatic rings. The number of ether oxygens (including phenoxy) is 2. The van der Waals surface area contributed by atoms with E-state index in [0.29, 0.717) is 34.9 Å². The van der Waals surface area contributed by atoms with Crippen molar-refractivity contribution in [2.75, 3.05) is 11.9 Å². The summed E-state index contributed by atoms with van der Waals surface area (Å²) in [5.41, 5.74) is 3.06. The lowest BCUT2D eigenvalue weighted by molar-refractivity contribution is 0.0525. The summed E-state index contributed by atoms with van der Waals surface area (Å²) in [6, 6.07) is 18.2. The van der Waals surface area contributed by atoms with Crippen LogP contribution in [0.1, 0.15) is 39.1 Å². The van der Waals surface area contributed by atoms with Crippen molar-refractivity contribution < 1.29 is 23.5 Å². The van der Waals surface area contributed by atoms with Gasteiger partial charge in [0, 0.05) is 11.3 Å². The SMILES string of the molecule is CCOC(=O)c1cnn(-c2ccc(NC(=O)c3occc3COc3ccccc3)cc2)c1C. The van der Waals surface area contributed by atoms with Gasteiger partial charge in [-0.2, -0.15) is 5.10 Å². The number of hydrogen-bond acceptors (Lipinski definition) is 6. The van der Waals surface area contributed by atoms with Gasteiger partial charge in [0.2, 0.25) is 0 Å². The van der Waals surface area contributed by atoms with E-state index < -0.39 is 5.97 Å². The van der Waals surface area contributed by atoms with Gasteiger partial charge in [0.05, 0.1) is 30.4 Å². The van der Waals surface area contributed by atoms with E-state index in [1.54, 1.807) is 48.9 Å². The lowest BCUT2D eigenvalue weighted by Gasteiger charge is -2.09. The fraction of sp³-hybridized carbons (Fsp3) is 0.160. The summed E-state index contributed by atoms with van der Waals surface area (Å²) in [6.07, 6.45) is 2.95. The van der Waals surface area contributed by atoms with Gasteiger partial charge in [-0.15, -0.1) is 0 Å². The summed E-state index contributed by atoms with van der Waals surface area (Å²) in [5, 5.41) is 7.10. The van der Waals surface area contributed by atoms with Crippen molar-refractivity contribution >= 4 is 17.6 Å². The van der Waals surface area contributed by atoms with Gasteiger partial charge in [-0.3, -0.25) is 4.79 Å². The van der Waals surface area contributed by atoms with Gasteiger partial charge in [-0.25, -0.2) is 9.48 Å². The molecule has 33 heavy (non-hydrogen) atoms. The second kappa shape index (κ2) is 9.86. The minimum atomic E-state index is -0.407. The van der Waals surface area contributed by atoms with Crippen LogP contribution in [0.5, 0.6) is 5.75 Å². The van der Waals surface area contributed by atoms with Crippen LogP contribution < -0.4 is 10.1 Å². The number of nitrogens with one attached hydrogen (secondary N) is 1. The fourth-order valence-electron chi connectivity index (χ4n) is 3.28. The molecule has 0 aliphatic heterocycles. The van der Waals surface area contributed by atoms with E-state index in [4.69, 9.17) is 13.9 Å². The maximum absolute atomic E-state index is 12.7. The number of carbonyl (C=O) groups excluding carboxylic acids is 2. The van der Waals surface area contributed by atoms with Crippen LogP contribution in [0.15, 0.2) is 77.5 Å². The van der Waals surface area contributed by atoms with Gasteiger partial charge in [0.15, 0.2) is 5.76 Å². The first kappa shape index (κ1) is 21.9. The molecule has 2 heterocycles. The third-order valence-corrected chi connectivity index (χ3v) is 4.97. The standard InChI is InChI=1S/C25H23N3O5/c1-3-31-25(30)22-15-26-28(17(22)2)20-11-9-19(10-12-20)27-24(29)23-18(13-14-32-23)16-33-21-7-5-4-6-8-21/h4-15H,3,16H2,1-2H3,(H,27,29). The Balaban J connectivity index is 1.42. The summed E-state index contributed by atoms with van der Waals surface area (Å²) in [5.74, 6) is 0.118. The Morgan fingerprint density at radius 3 is 2.55 bits per heavy atom. The Morgan fingerprint density at radius 2 is 1.82 bits per heavy atom. The van der Waals surface area contributed by atoms with Crippen LogP contribution >= 0.6 is 0 Å². The van der Waals surface area contributed by atoms with Gasteiger partial charge in [-0.1, -0.05) is 18.2 Å². The van der Waals surface area contributed by atoms with E-state index in [9.17, 15) is 9.59 Å². The third-order valence-electron chi connectivity index (χ3n) is 4.97. The zero-order valence-corrected chi connectivity index (χ0v) is 18.3. The van der Waals surface area contributed by atoms with Crippen molar-refractivity contribution in [3.63, 3.8) is 0 Å². The molecule has 2 aromatic carbocycles. The predicted octanol–water partition coefficient (Wildman–Crippen LogP) is 4.78. The minimum Gasteiger partial charge on any atom is -0.489 e. The number of aromatic nitrogens is 2. The van der Waals surface area contributed by atoms with Crippen LogP contribution in [0.3, 0.4) is 0 Å². The van der Waals surface area contributed by atoms with Crippen LogP contribution in [-0.4, -0.2) is 28.3 Å². The van der Waals surface area contributed by atoms with Crippen molar-refractivity contribution in [1.29, 1.82) is 0 Å². The Labute approximate surface area is 190 Å². The van der Waals surface area contributed by atoms with Crippen LogP contribution in [-0.2, 0) is 11.3 Å². The smallest absolute Gasteiger partial charge is 0.341 e. The normalized spacial score (nSPS) is 10.6. The summed E-state index contributed by atoms with van der Waals surface area (Å²) in [4.78, 5) is 24.7. The largest absolute Gasteiger partial charge is 0.489 e. The van der Waals surface area contributed by atoms with Gasteiger partial charge in [-0.05, 0) is 56.3 Å². The number of esters is 1. The van der Waals surface area contributed by atoms with Crippen molar-refractivity contribution in [2.45, 2.75) is 20.5 Å².